The van der Waals surface area contributed by atoms with Gasteiger partial charge in [0.2, 0.25) is 0 Å². The van der Waals surface area contributed by atoms with Gasteiger partial charge in [-0.05, 0) is 53.3 Å². The largest absolute Gasteiger partial charge is 0.307 e. The summed E-state index contributed by atoms with van der Waals surface area (Å²) in [5, 5.41) is 0.693. The number of rotatable bonds is 2. The van der Waals surface area contributed by atoms with Crippen molar-refractivity contribution >= 4 is 34.2 Å². The minimum absolute atomic E-state index is 0.0166. The van der Waals surface area contributed by atoms with E-state index >= 15 is 0 Å². The van der Waals surface area contributed by atoms with E-state index < -0.39 is 0 Å². The molecule has 4 heteroatoms. The number of benzene rings is 1. The van der Waals surface area contributed by atoms with Crippen molar-refractivity contribution in [2.24, 2.45) is 0 Å². The molecular formula is C13H11ClINO. The van der Waals surface area contributed by atoms with Crippen LogP contribution in [0.25, 0.3) is 0 Å². The Hall–Kier alpha value is -0.810. The molecule has 0 aliphatic carbocycles. The standard InChI is InChI=1S/C13H11ClINO/c1-9-12(15)5-6-13(17)16(9)8-10-3-2-4-11(14)7-10/h2-7H,8H2,1H3. The highest BCUT2D eigenvalue weighted by atomic mass is 127. The van der Waals surface area contributed by atoms with Gasteiger partial charge < -0.3 is 4.57 Å². The lowest BCUT2D eigenvalue weighted by Crippen LogP contribution is -2.22. The summed E-state index contributed by atoms with van der Waals surface area (Å²) in [5.41, 5.74) is 2.03. The number of pyridine rings is 1. The van der Waals surface area contributed by atoms with Crippen LogP contribution in [0.3, 0.4) is 0 Å². The van der Waals surface area contributed by atoms with Gasteiger partial charge in [0, 0.05) is 20.4 Å². The molecule has 0 amide bonds. The van der Waals surface area contributed by atoms with E-state index in [1.165, 1.54) is 0 Å². The summed E-state index contributed by atoms with van der Waals surface area (Å²) >= 11 is 8.16. The first-order valence-electron chi connectivity index (χ1n) is 5.18. The molecule has 1 aromatic carbocycles. The summed E-state index contributed by atoms with van der Waals surface area (Å²) in [6.45, 7) is 2.51. The monoisotopic (exact) mass is 359 g/mol. The first-order valence-corrected chi connectivity index (χ1v) is 6.64. The average molecular weight is 360 g/mol. The normalized spacial score (nSPS) is 10.5. The van der Waals surface area contributed by atoms with E-state index in [1.54, 1.807) is 10.6 Å². The maximum Gasteiger partial charge on any atom is 0.251 e. The van der Waals surface area contributed by atoms with Gasteiger partial charge in [-0.15, -0.1) is 0 Å². The van der Waals surface area contributed by atoms with Crippen LogP contribution in [0.15, 0.2) is 41.2 Å². The van der Waals surface area contributed by atoms with Crippen LogP contribution in [0.1, 0.15) is 11.3 Å². The van der Waals surface area contributed by atoms with Crippen LogP contribution >= 0.6 is 34.2 Å². The Labute approximate surface area is 118 Å². The number of hydrogen-bond acceptors (Lipinski definition) is 1. The number of halogens is 2. The molecular weight excluding hydrogens is 349 g/mol. The van der Waals surface area contributed by atoms with Gasteiger partial charge in [0.1, 0.15) is 0 Å². The van der Waals surface area contributed by atoms with Gasteiger partial charge in [0.05, 0.1) is 6.54 Å². The van der Waals surface area contributed by atoms with E-state index in [4.69, 9.17) is 11.6 Å². The third-order valence-electron chi connectivity index (χ3n) is 2.62. The Balaban J connectivity index is 2.43. The molecule has 2 rings (SSSR count). The number of aromatic nitrogens is 1. The molecule has 0 N–H and O–H groups in total. The Morgan fingerprint density at radius 3 is 2.76 bits per heavy atom. The van der Waals surface area contributed by atoms with Gasteiger partial charge in [-0.2, -0.15) is 0 Å². The lowest BCUT2D eigenvalue weighted by atomic mass is 10.2. The minimum Gasteiger partial charge on any atom is -0.307 e. The molecule has 17 heavy (non-hydrogen) atoms. The fraction of sp³-hybridized carbons (Fsp3) is 0.154. The molecule has 0 saturated carbocycles. The first kappa shape index (κ1) is 12.6. The molecule has 1 aromatic heterocycles. The maximum absolute atomic E-state index is 11.8. The quantitative estimate of drug-likeness (QED) is 0.753. The molecule has 2 nitrogen and oxygen atoms in total. The Bertz CT molecular complexity index is 607. The van der Waals surface area contributed by atoms with Crippen molar-refractivity contribution in [2.45, 2.75) is 13.5 Å². The van der Waals surface area contributed by atoms with Crippen LogP contribution in [0.4, 0.5) is 0 Å². The lowest BCUT2D eigenvalue weighted by Gasteiger charge is -2.11. The van der Waals surface area contributed by atoms with Gasteiger partial charge in [0.15, 0.2) is 0 Å². The zero-order valence-electron chi connectivity index (χ0n) is 9.28. The number of hydrogen-bond donors (Lipinski definition) is 0. The molecule has 0 atom stereocenters. The first-order chi connectivity index (χ1) is 8.08. The molecule has 0 unspecified atom stereocenters. The molecule has 0 aliphatic rings. The van der Waals surface area contributed by atoms with Crippen LogP contribution in [0.2, 0.25) is 5.02 Å². The van der Waals surface area contributed by atoms with Gasteiger partial charge >= 0.3 is 0 Å². The topological polar surface area (TPSA) is 22.0 Å². The van der Waals surface area contributed by atoms with Gasteiger partial charge in [0.25, 0.3) is 5.56 Å². The van der Waals surface area contributed by atoms with E-state index in [-0.39, 0.29) is 5.56 Å². The second kappa shape index (κ2) is 5.23. The Kier molecular flexibility index (Phi) is 3.89. The third-order valence-corrected chi connectivity index (χ3v) is 3.99. The van der Waals surface area contributed by atoms with Crippen molar-refractivity contribution in [2.75, 3.05) is 0 Å². The fourth-order valence-corrected chi connectivity index (χ4v) is 2.35. The van der Waals surface area contributed by atoms with E-state index in [9.17, 15) is 4.79 Å². The highest BCUT2D eigenvalue weighted by Gasteiger charge is 2.04. The molecule has 0 bridgehead atoms. The van der Waals surface area contributed by atoms with E-state index in [0.717, 1.165) is 14.8 Å². The van der Waals surface area contributed by atoms with Crippen molar-refractivity contribution in [1.82, 2.24) is 4.57 Å². The van der Waals surface area contributed by atoms with Crippen molar-refractivity contribution in [3.05, 3.63) is 66.6 Å². The van der Waals surface area contributed by atoms with E-state index in [2.05, 4.69) is 22.6 Å². The molecule has 0 aliphatic heterocycles. The van der Waals surface area contributed by atoms with Crippen LogP contribution in [-0.4, -0.2) is 4.57 Å². The highest BCUT2D eigenvalue weighted by molar-refractivity contribution is 14.1. The van der Waals surface area contributed by atoms with Gasteiger partial charge in [-0.1, -0.05) is 23.7 Å². The van der Waals surface area contributed by atoms with Crippen molar-refractivity contribution in [3.8, 4) is 0 Å². The maximum atomic E-state index is 11.8. The SMILES string of the molecule is Cc1c(I)ccc(=O)n1Cc1cccc(Cl)c1. The molecule has 0 spiro atoms. The molecule has 1 heterocycles. The predicted octanol–water partition coefficient (Wildman–Crippen LogP) is 3.46. The summed E-state index contributed by atoms with van der Waals surface area (Å²) in [4.78, 5) is 11.8. The van der Waals surface area contributed by atoms with E-state index in [0.29, 0.717) is 11.6 Å². The Morgan fingerprint density at radius 1 is 1.29 bits per heavy atom. The molecule has 0 saturated heterocycles. The van der Waals surface area contributed by atoms with Crippen LogP contribution in [0, 0.1) is 10.5 Å². The third kappa shape index (κ3) is 2.90. The summed E-state index contributed by atoms with van der Waals surface area (Å²) in [5.74, 6) is 0. The fourth-order valence-electron chi connectivity index (χ4n) is 1.66. The molecule has 88 valence electrons. The second-order valence-electron chi connectivity index (χ2n) is 3.82. The van der Waals surface area contributed by atoms with Gasteiger partial charge in [-0.3, -0.25) is 4.79 Å². The van der Waals surface area contributed by atoms with Crippen molar-refractivity contribution in [3.63, 3.8) is 0 Å². The zero-order valence-corrected chi connectivity index (χ0v) is 12.2. The van der Waals surface area contributed by atoms with Crippen LogP contribution in [0.5, 0.6) is 0 Å². The average Bonchev–Trinajstić information content (AvgIpc) is 2.30. The second-order valence-corrected chi connectivity index (χ2v) is 5.42. The zero-order chi connectivity index (χ0) is 12.4. The smallest absolute Gasteiger partial charge is 0.251 e. The van der Waals surface area contributed by atoms with Crippen LogP contribution in [-0.2, 0) is 6.54 Å². The summed E-state index contributed by atoms with van der Waals surface area (Å²) in [6.07, 6.45) is 0. The molecule has 0 fully saturated rings. The van der Waals surface area contributed by atoms with Crippen molar-refractivity contribution in [1.29, 1.82) is 0 Å². The summed E-state index contributed by atoms with van der Waals surface area (Å²) < 4.78 is 2.84. The predicted molar refractivity (Wildman–Crippen MR) is 78.7 cm³/mol. The number of nitrogens with zero attached hydrogens (tertiary/aromatic N) is 1. The Morgan fingerprint density at radius 2 is 2.06 bits per heavy atom. The van der Waals surface area contributed by atoms with Crippen LogP contribution < -0.4 is 5.56 Å². The van der Waals surface area contributed by atoms with E-state index in [1.807, 2.05) is 37.3 Å². The molecule has 2 aromatic rings. The molecule has 0 radical (unpaired) electrons. The summed E-state index contributed by atoms with van der Waals surface area (Å²) in [6, 6.07) is 11.0. The minimum atomic E-state index is 0.0166. The lowest BCUT2D eigenvalue weighted by molar-refractivity contribution is 0.725. The highest BCUT2D eigenvalue weighted by Crippen LogP contribution is 2.13. The van der Waals surface area contributed by atoms with Gasteiger partial charge in [-0.25, -0.2) is 0 Å². The summed E-state index contributed by atoms with van der Waals surface area (Å²) in [7, 11) is 0. The van der Waals surface area contributed by atoms with Crippen molar-refractivity contribution < 1.29 is 0 Å².